The average Bonchev–Trinajstić information content (AvgIpc) is 2.87. The third-order valence-electron chi connectivity index (χ3n) is 6.91. The zero-order chi connectivity index (χ0) is 30.1. The van der Waals surface area contributed by atoms with Crippen molar-refractivity contribution in [2.24, 2.45) is 11.8 Å². The fourth-order valence-corrected chi connectivity index (χ4v) is 4.38. The summed E-state index contributed by atoms with van der Waals surface area (Å²) in [5, 5.41) is 19.9. The molecule has 1 rings (SSSR count). The molecule has 1 aliphatic rings. The number of ether oxygens (including phenoxy) is 2. The third-order valence-corrected chi connectivity index (χ3v) is 6.91. The molecule has 40 heavy (non-hydrogen) atoms. The van der Waals surface area contributed by atoms with Crippen LogP contribution < -0.4 is 0 Å². The summed E-state index contributed by atoms with van der Waals surface area (Å²) in [4.78, 5) is 24.9. The van der Waals surface area contributed by atoms with E-state index in [1.165, 1.54) is 6.08 Å². The van der Waals surface area contributed by atoms with Crippen molar-refractivity contribution in [3.05, 3.63) is 71.4 Å². The van der Waals surface area contributed by atoms with E-state index < -0.39 is 18.2 Å². The summed E-state index contributed by atoms with van der Waals surface area (Å²) in [5.74, 6) is -0.184. The summed E-state index contributed by atoms with van der Waals surface area (Å²) in [6.07, 6.45) is 19.1. The number of carbonyl (C=O) groups is 2. The van der Waals surface area contributed by atoms with Gasteiger partial charge in [0.05, 0.1) is 12.2 Å². The van der Waals surface area contributed by atoms with Gasteiger partial charge in [-0.05, 0) is 58.3 Å². The van der Waals surface area contributed by atoms with Gasteiger partial charge in [-0.2, -0.15) is 0 Å². The molecule has 0 aliphatic carbocycles. The molecule has 5 atom stereocenters. The monoisotopic (exact) mass is 556 g/mol. The Hall–Kier alpha value is -2.70. The highest BCUT2D eigenvalue weighted by atomic mass is 16.5. The number of aliphatic hydroxyl groups is 2. The molecule has 0 amide bonds. The highest BCUT2D eigenvalue weighted by Crippen LogP contribution is 2.22. The van der Waals surface area contributed by atoms with Crippen LogP contribution in [0.2, 0.25) is 0 Å². The van der Waals surface area contributed by atoms with E-state index in [0.29, 0.717) is 32.1 Å². The summed E-state index contributed by atoms with van der Waals surface area (Å²) in [5.41, 5.74) is 2.77. The van der Waals surface area contributed by atoms with Gasteiger partial charge in [0.25, 0.3) is 0 Å². The van der Waals surface area contributed by atoms with E-state index in [0.717, 1.165) is 29.6 Å². The van der Waals surface area contributed by atoms with Crippen molar-refractivity contribution < 1.29 is 29.3 Å². The maximum absolute atomic E-state index is 12.6. The maximum atomic E-state index is 12.6. The SMILES string of the molecule is CCC[C@@H](O)[C@H](O)/C=C(C)/C=C/C=C(C)/C=C(C)/C=C/C(=O)O[C@H]1CCCC(=O)O[C@@H](C(C)C)C/C=C\C[C@@H]1C. The molecule has 0 radical (unpaired) electrons. The number of allylic oxidation sites excluding steroid dienone is 9. The molecule has 0 spiro atoms. The van der Waals surface area contributed by atoms with Crippen LogP contribution in [0, 0.1) is 11.8 Å². The average molecular weight is 557 g/mol. The van der Waals surface area contributed by atoms with Gasteiger partial charge in [-0.25, -0.2) is 4.79 Å². The lowest BCUT2D eigenvalue weighted by molar-refractivity contribution is -0.151. The second-order valence-corrected chi connectivity index (χ2v) is 11.3. The first-order valence-corrected chi connectivity index (χ1v) is 14.7. The van der Waals surface area contributed by atoms with Crippen molar-refractivity contribution in [2.75, 3.05) is 0 Å². The summed E-state index contributed by atoms with van der Waals surface area (Å²) in [7, 11) is 0. The Balaban J connectivity index is 2.73. The van der Waals surface area contributed by atoms with E-state index in [1.807, 2.05) is 52.0 Å². The first-order chi connectivity index (χ1) is 18.9. The molecule has 1 aliphatic heterocycles. The lowest BCUT2D eigenvalue weighted by Crippen LogP contribution is -2.26. The summed E-state index contributed by atoms with van der Waals surface area (Å²) in [6, 6.07) is 0. The van der Waals surface area contributed by atoms with E-state index >= 15 is 0 Å². The smallest absolute Gasteiger partial charge is 0.331 e. The Morgan fingerprint density at radius 3 is 2.45 bits per heavy atom. The Bertz CT molecular complexity index is 965. The van der Waals surface area contributed by atoms with Crippen LogP contribution in [0.15, 0.2) is 71.4 Å². The van der Waals surface area contributed by atoms with E-state index in [2.05, 4.69) is 32.9 Å². The molecule has 224 valence electrons. The Morgan fingerprint density at radius 1 is 1.07 bits per heavy atom. The van der Waals surface area contributed by atoms with Crippen molar-refractivity contribution >= 4 is 11.9 Å². The number of aliphatic hydroxyl groups excluding tert-OH is 2. The predicted molar refractivity (Wildman–Crippen MR) is 162 cm³/mol. The largest absolute Gasteiger partial charge is 0.462 e. The predicted octanol–water partition coefficient (Wildman–Crippen LogP) is 7.10. The number of carbonyl (C=O) groups excluding carboxylic acids is 2. The molecule has 0 saturated heterocycles. The van der Waals surface area contributed by atoms with Crippen LogP contribution in [-0.2, 0) is 19.1 Å². The molecular formula is C34H52O6. The second-order valence-electron chi connectivity index (χ2n) is 11.3. The van der Waals surface area contributed by atoms with Gasteiger partial charge in [0.1, 0.15) is 12.2 Å². The van der Waals surface area contributed by atoms with Crippen LogP contribution in [0.5, 0.6) is 0 Å². The van der Waals surface area contributed by atoms with Crippen LogP contribution in [0.1, 0.15) is 93.4 Å². The first kappa shape index (κ1) is 35.3. The highest BCUT2D eigenvalue weighted by molar-refractivity contribution is 5.82. The van der Waals surface area contributed by atoms with Crippen molar-refractivity contribution in [1.29, 1.82) is 0 Å². The van der Waals surface area contributed by atoms with Gasteiger partial charge >= 0.3 is 11.9 Å². The van der Waals surface area contributed by atoms with Crippen LogP contribution in [0.4, 0.5) is 0 Å². The van der Waals surface area contributed by atoms with Crippen LogP contribution in [0.3, 0.4) is 0 Å². The van der Waals surface area contributed by atoms with Crippen LogP contribution >= 0.6 is 0 Å². The standard InChI is InChI=1S/C34H52O6/c1-8-13-29(35)30(36)23-26(5)15-11-14-25(4)22-27(6)20-21-34(38)40-32-18-12-19-33(37)39-31(24(2)3)17-10-9-16-28(32)7/h9-11,14-15,20-24,28-32,35-36H,8,12-13,16-19H2,1-7H3/b10-9-,15-11+,21-20+,25-14+,26-23+,27-22+/t28-,29+,30+,31+,32-/m0/s1. The second kappa shape index (κ2) is 19.4. The van der Waals surface area contributed by atoms with Crippen LogP contribution in [-0.4, -0.2) is 46.6 Å². The number of hydrogen-bond donors (Lipinski definition) is 2. The minimum atomic E-state index is -0.874. The Morgan fingerprint density at radius 2 is 1.77 bits per heavy atom. The lowest BCUT2D eigenvalue weighted by Gasteiger charge is -2.24. The van der Waals surface area contributed by atoms with Gasteiger partial charge in [-0.3, -0.25) is 4.79 Å². The molecule has 0 aromatic heterocycles. The van der Waals surface area contributed by atoms with E-state index in [4.69, 9.17) is 9.47 Å². The molecule has 0 saturated carbocycles. The van der Waals surface area contributed by atoms with Gasteiger partial charge in [-0.15, -0.1) is 0 Å². The zero-order valence-corrected chi connectivity index (χ0v) is 25.6. The fraction of sp³-hybridized carbons (Fsp3) is 0.588. The van der Waals surface area contributed by atoms with E-state index in [9.17, 15) is 19.8 Å². The van der Waals surface area contributed by atoms with Gasteiger partial charge in [-0.1, -0.05) is 99.4 Å². The van der Waals surface area contributed by atoms with Gasteiger partial charge < -0.3 is 19.7 Å². The van der Waals surface area contributed by atoms with Gasteiger partial charge in [0.15, 0.2) is 0 Å². The fourth-order valence-electron chi connectivity index (χ4n) is 4.38. The molecule has 1 heterocycles. The normalized spacial score (nSPS) is 24.9. The highest BCUT2D eigenvalue weighted by Gasteiger charge is 2.23. The van der Waals surface area contributed by atoms with E-state index in [1.54, 1.807) is 12.2 Å². The molecule has 6 heteroatoms. The molecule has 0 fully saturated rings. The van der Waals surface area contributed by atoms with Crippen molar-refractivity contribution in [3.8, 4) is 0 Å². The van der Waals surface area contributed by atoms with Crippen molar-refractivity contribution in [1.82, 2.24) is 0 Å². The summed E-state index contributed by atoms with van der Waals surface area (Å²) in [6.45, 7) is 13.9. The molecule has 2 N–H and O–H groups in total. The number of esters is 2. The van der Waals surface area contributed by atoms with Gasteiger partial charge in [0.2, 0.25) is 0 Å². The zero-order valence-electron chi connectivity index (χ0n) is 25.6. The lowest BCUT2D eigenvalue weighted by atomic mass is 9.94. The summed E-state index contributed by atoms with van der Waals surface area (Å²) < 4.78 is 11.4. The molecule has 0 aromatic rings. The van der Waals surface area contributed by atoms with Crippen molar-refractivity contribution in [2.45, 2.75) is 118 Å². The van der Waals surface area contributed by atoms with Crippen molar-refractivity contribution in [3.63, 3.8) is 0 Å². The van der Waals surface area contributed by atoms with E-state index in [-0.39, 0.29) is 30.0 Å². The molecule has 6 nitrogen and oxygen atoms in total. The Kier molecular flexibility index (Phi) is 17.1. The van der Waals surface area contributed by atoms with Crippen LogP contribution in [0.25, 0.3) is 0 Å². The Labute approximate surface area is 242 Å². The first-order valence-electron chi connectivity index (χ1n) is 14.7. The molecular weight excluding hydrogens is 504 g/mol. The quantitative estimate of drug-likeness (QED) is 0.122. The number of rotatable bonds is 11. The molecule has 0 aromatic carbocycles. The maximum Gasteiger partial charge on any atom is 0.331 e. The summed E-state index contributed by atoms with van der Waals surface area (Å²) >= 11 is 0. The molecule has 0 unspecified atom stereocenters. The topological polar surface area (TPSA) is 93.1 Å². The minimum absolute atomic E-state index is 0.103. The van der Waals surface area contributed by atoms with Gasteiger partial charge in [0, 0.05) is 18.9 Å². The third kappa shape index (κ3) is 15.2. The number of cyclic esters (lactones) is 1. The minimum Gasteiger partial charge on any atom is -0.462 e. The number of hydrogen-bond acceptors (Lipinski definition) is 6. The molecule has 0 bridgehead atoms.